The smallest absolute Gasteiger partial charge is 0.170 e. The van der Waals surface area contributed by atoms with Crippen LogP contribution in [0.2, 0.25) is 0 Å². The van der Waals surface area contributed by atoms with Crippen molar-refractivity contribution >= 4 is 0 Å². The molecular formula is C15H9F7. The van der Waals surface area contributed by atoms with Crippen molar-refractivity contribution in [3.05, 3.63) is 57.4 Å². The van der Waals surface area contributed by atoms with E-state index in [0.717, 1.165) is 20.8 Å². The second kappa shape index (κ2) is 5.30. The molecule has 0 aliphatic heterocycles. The van der Waals surface area contributed by atoms with Gasteiger partial charge in [0.1, 0.15) is 17.5 Å². The molecule has 0 saturated carbocycles. The Morgan fingerprint density at radius 3 is 1.00 bits per heavy atom. The molecule has 0 nitrogen and oxygen atoms in total. The average molecular weight is 322 g/mol. The fraction of sp³-hybridized carbons (Fsp3) is 0.200. The Labute approximate surface area is 121 Å². The van der Waals surface area contributed by atoms with Crippen molar-refractivity contribution in [2.24, 2.45) is 0 Å². The molecule has 2 aromatic carbocycles. The van der Waals surface area contributed by atoms with Crippen molar-refractivity contribution in [3.63, 3.8) is 0 Å². The molecule has 2 aromatic rings. The van der Waals surface area contributed by atoms with Gasteiger partial charge in [0.05, 0.1) is 11.1 Å². The van der Waals surface area contributed by atoms with Crippen molar-refractivity contribution in [1.82, 2.24) is 0 Å². The number of halogens is 7. The Morgan fingerprint density at radius 1 is 0.364 bits per heavy atom. The summed E-state index contributed by atoms with van der Waals surface area (Å²) in [4.78, 5) is 0. The van der Waals surface area contributed by atoms with Crippen LogP contribution in [0.3, 0.4) is 0 Å². The van der Waals surface area contributed by atoms with Crippen LogP contribution in [0.1, 0.15) is 16.7 Å². The highest BCUT2D eigenvalue weighted by molar-refractivity contribution is 5.69. The highest BCUT2D eigenvalue weighted by Crippen LogP contribution is 2.37. The molecule has 0 aliphatic carbocycles. The van der Waals surface area contributed by atoms with Gasteiger partial charge in [-0.3, -0.25) is 0 Å². The average Bonchev–Trinajstić information content (AvgIpc) is 2.50. The molecule has 0 fully saturated rings. The van der Waals surface area contributed by atoms with Gasteiger partial charge in [0.2, 0.25) is 0 Å². The molecule has 0 atom stereocenters. The first-order valence-electron chi connectivity index (χ1n) is 6.07. The third kappa shape index (κ3) is 2.07. The molecule has 0 amide bonds. The van der Waals surface area contributed by atoms with E-state index in [2.05, 4.69) is 0 Å². The van der Waals surface area contributed by atoms with Crippen LogP contribution in [-0.4, -0.2) is 0 Å². The van der Waals surface area contributed by atoms with Crippen molar-refractivity contribution in [2.45, 2.75) is 20.8 Å². The Morgan fingerprint density at radius 2 is 0.636 bits per heavy atom. The van der Waals surface area contributed by atoms with Crippen molar-refractivity contribution in [2.75, 3.05) is 0 Å². The van der Waals surface area contributed by atoms with Gasteiger partial charge in [-0.2, -0.15) is 0 Å². The first kappa shape index (κ1) is 16.3. The van der Waals surface area contributed by atoms with Crippen LogP contribution in [0.15, 0.2) is 0 Å². The van der Waals surface area contributed by atoms with Gasteiger partial charge >= 0.3 is 0 Å². The summed E-state index contributed by atoms with van der Waals surface area (Å²) in [6.45, 7) is 2.60. The van der Waals surface area contributed by atoms with E-state index in [9.17, 15) is 30.7 Å². The van der Waals surface area contributed by atoms with Crippen LogP contribution in [0.25, 0.3) is 11.1 Å². The minimum Gasteiger partial charge on any atom is -0.206 e. The largest absolute Gasteiger partial charge is 0.206 e. The Balaban J connectivity index is 3.03. The van der Waals surface area contributed by atoms with E-state index in [1.807, 2.05) is 0 Å². The van der Waals surface area contributed by atoms with Gasteiger partial charge < -0.3 is 0 Å². The third-order valence-electron chi connectivity index (χ3n) is 3.49. The van der Waals surface area contributed by atoms with Crippen molar-refractivity contribution in [1.29, 1.82) is 0 Å². The number of rotatable bonds is 1. The van der Waals surface area contributed by atoms with E-state index < -0.39 is 68.5 Å². The van der Waals surface area contributed by atoms with Gasteiger partial charge in [-0.25, -0.2) is 30.7 Å². The van der Waals surface area contributed by atoms with Gasteiger partial charge in [0.25, 0.3) is 0 Å². The molecule has 0 spiro atoms. The summed E-state index contributed by atoms with van der Waals surface area (Å²) in [7, 11) is 0. The van der Waals surface area contributed by atoms with Gasteiger partial charge in [-0.05, 0) is 20.8 Å². The first-order valence-corrected chi connectivity index (χ1v) is 6.07. The Kier molecular flexibility index (Phi) is 3.93. The van der Waals surface area contributed by atoms with Crippen LogP contribution >= 0.6 is 0 Å². The standard InChI is InChI=1S/C15H9F7/c1-4-9(16)5(2)11(18)7(10(4)17)8-14(21)12(19)6(3)13(20)15(8)22/h1-3H3. The number of benzene rings is 2. The lowest BCUT2D eigenvalue weighted by Gasteiger charge is -2.15. The lowest BCUT2D eigenvalue weighted by molar-refractivity contribution is 0.446. The Bertz CT molecular complexity index is 668. The molecule has 22 heavy (non-hydrogen) atoms. The highest BCUT2D eigenvalue weighted by Gasteiger charge is 2.30. The molecule has 7 heteroatoms. The molecular weight excluding hydrogens is 313 g/mol. The molecule has 0 radical (unpaired) electrons. The van der Waals surface area contributed by atoms with Crippen molar-refractivity contribution in [3.8, 4) is 11.1 Å². The van der Waals surface area contributed by atoms with E-state index in [4.69, 9.17) is 0 Å². The Hall–Kier alpha value is -2.05. The van der Waals surface area contributed by atoms with Crippen LogP contribution in [0.5, 0.6) is 0 Å². The minimum absolute atomic E-state index is 0.714. The zero-order chi connectivity index (χ0) is 16.9. The second-order valence-corrected chi connectivity index (χ2v) is 4.82. The van der Waals surface area contributed by atoms with Crippen LogP contribution < -0.4 is 0 Å². The minimum atomic E-state index is -1.94. The van der Waals surface area contributed by atoms with E-state index >= 15 is 0 Å². The maximum absolute atomic E-state index is 14.1. The van der Waals surface area contributed by atoms with E-state index in [0.29, 0.717) is 0 Å². The monoisotopic (exact) mass is 322 g/mol. The summed E-state index contributed by atoms with van der Waals surface area (Å²) in [6, 6.07) is 0. The molecule has 0 saturated heterocycles. The maximum Gasteiger partial charge on any atom is 0.170 e. The molecule has 0 aliphatic rings. The molecule has 0 heterocycles. The zero-order valence-electron chi connectivity index (χ0n) is 11.6. The first-order chi connectivity index (χ1) is 10.1. The molecule has 118 valence electrons. The lowest BCUT2D eigenvalue weighted by Crippen LogP contribution is -2.08. The maximum atomic E-state index is 14.1. The highest BCUT2D eigenvalue weighted by atomic mass is 19.2. The fourth-order valence-corrected chi connectivity index (χ4v) is 2.13. The normalized spacial score (nSPS) is 11.2. The van der Waals surface area contributed by atoms with E-state index in [1.54, 1.807) is 0 Å². The zero-order valence-corrected chi connectivity index (χ0v) is 11.6. The molecule has 0 aromatic heterocycles. The SMILES string of the molecule is Cc1c(F)c(F)c(-c2c(F)c(C)c(F)c(C)c2F)c(F)c1F. The predicted octanol–water partition coefficient (Wildman–Crippen LogP) is 5.25. The summed E-state index contributed by atoms with van der Waals surface area (Å²) in [6.07, 6.45) is 0. The van der Waals surface area contributed by atoms with Gasteiger partial charge in [0, 0.05) is 16.7 Å². The van der Waals surface area contributed by atoms with Crippen LogP contribution in [-0.2, 0) is 0 Å². The van der Waals surface area contributed by atoms with Gasteiger partial charge in [0.15, 0.2) is 23.3 Å². The second-order valence-electron chi connectivity index (χ2n) is 4.82. The lowest BCUT2D eigenvalue weighted by atomic mass is 9.96. The number of hydrogen-bond acceptors (Lipinski definition) is 0. The third-order valence-corrected chi connectivity index (χ3v) is 3.49. The van der Waals surface area contributed by atoms with E-state index in [1.165, 1.54) is 0 Å². The topological polar surface area (TPSA) is 0 Å². The molecule has 0 unspecified atom stereocenters. The fourth-order valence-electron chi connectivity index (χ4n) is 2.13. The molecule has 0 bridgehead atoms. The van der Waals surface area contributed by atoms with Crippen molar-refractivity contribution < 1.29 is 30.7 Å². The van der Waals surface area contributed by atoms with Crippen LogP contribution in [0, 0.1) is 61.5 Å². The predicted molar refractivity (Wildman–Crippen MR) is 65.8 cm³/mol. The van der Waals surface area contributed by atoms with Gasteiger partial charge in [-0.15, -0.1) is 0 Å². The summed E-state index contributed by atoms with van der Waals surface area (Å²) < 4.78 is 96.6. The molecule has 2 rings (SSSR count). The number of hydrogen-bond donors (Lipinski definition) is 0. The van der Waals surface area contributed by atoms with E-state index in [-0.39, 0.29) is 0 Å². The summed E-state index contributed by atoms with van der Waals surface area (Å²) >= 11 is 0. The summed E-state index contributed by atoms with van der Waals surface area (Å²) in [5.41, 5.74) is -5.27. The van der Waals surface area contributed by atoms with Gasteiger partial charge in [-0.1, -0.05) is 0 Å². The quantitative estimate of drug-likeness (QED) is 0.497. The molecule has 0 N–H and O–H groups in total. The van der Waals surface area contributed by atoms with Crippen LogP contribution in [0.4, 0.5) is 30.7 Å². The summed E-state index contributed by atoms with van der Waals surface area (Å²) in [5, 5.41) is 0. The summed E-state index contributed by atoms with van der Waals surface area (Å²) in [5.74, 6) is -11.9.